The van der Waals surface area contributed by atoms with Crippen LogP contribution in [0, 0.1) is 5.92 Å². The normalized spacial score (nSPS) is 19.7. The van der Waals surface area contributed by atoms with E-state index in [0.29, 0.717) is 0 Å². The predicted molar refractivity (Wildman–Crippen MR) is 114 cm³/mol. The standard InChI is InChI=1S/C25H33NO2/c1-25(2,3)28-24(27)22-15-10-16-23(22)26(19-21-13-8-5-9-14-21)18-17-20-11-6-4-7-12-20/h4-9,11-14,22-23H,10,15-19H2,1-3H3/t22-,23+/m1/s1. The molecule has 150 valence electrons. The third-order valence-electron chi connectivity index (χ3n) is 5.42. The summed E-state index contributed by atoms with van der Waals surface area (Å²) in [5.74, 6) is -0.0634. The van der Waals surface area contributed by atoms with Gasteiger partial charge in [0, 0.05) is 19.1 Å². The smallest absolute Gasteiger partial charge is 0.311 e. The Bertz CT molecular complexity index is 736. The Morgan fingerprint density at radius 1 is 0.964 bits per heavy atom. The fourth-order valence-electron chi connectivity index (χ4n) is 4.13. The second-order valence-electron chi connectivity index (χ2n) is 8.83. The summed E-state index contributed by atoms with van der Waals surface area (Å²) in [5, 5.41) is 0. The van der Waals surface area contributed by atoms with Gasteiger partial charge in [0.15, 0.2) is 0 Å². The number of carbonyl (C=O) groups excluding carboxylic acids is 1. The highest BCUT2D eigenvalue weighted by molar-refractivity contribution is 5.74. The molecule has 3 rings (SSSR count). The molecule has 0 aliphatic heterocycles. The summed E-state index contributed by atoms with van der Waals surface area (Å²) in [6, 6.07) is 21.4. The molecule has 1 aliphatic rings. The minimum absolute atomic E-state index is 0.0290. The highest BCUT2D eigenvalue weighted by Gasteiger charge is 2.39. The second kappa shape index (κ2) is 9.38. The lowest BCUT2D eigenvalue weighted by Crippen LogP contribution is -2.43. The molecule has 3 nitrogen and oxygen atoms in total. The summed E-state index contributed by atoms with van der Waals surface area (Å²) in [4.78, 5) is 15.4. The van der Waals surface area contributed by atoms with Crippen LogP contribution in [0.4, 0.5) is 0 Å². The molecule has 0 saturated heterocycles. The van der Waals surface area contributed by atoms with Gasteiger partial charge in [0.2, 0.25) is 0 Å². The number of esters is 1. The van der Waals surface area contributed by atoms with E-state index in [-0.39, 0.29) is 17.9 Å². The van der Waals surface area contributed by atoms with Crippen molar-refractivity contribution >= 4 is 5.97 Å². The van der Waals surface area contributed by atoms with Crippen LogP contribution in [0.1, 0.15) is 51.2 Å². The van der Waals surface area contributed by atoms with Crippen molar-refractivity contribution in [3.63, 3.8) is 0 Å². The molecule has 3 heteroatoms. The lowest BCUT2D eigenvalue weighted by atomic mass is 10.00. The third-order valence-corrected chi connectivity index (χ3v) is 5.42. The highest BCUT2D eigenvalue weighted by Crippen LogP contribution is 2.33. The monoisotopic (exact) mass is 379 g/mol. The van der Waals surface area contributed by atoms with Gasteiger partial charge in [-0.2, -0.15) is 0 Å². The first kappa shape index (κ1) is 20.6. The van der Waals surface area contributed by atoms with E-state index in [1.54, 1.807) is 0 Å². The third kappa shape index (κ3) is 5.93. The number of ether oxygens (including phenoxy) is 1. The van der Waals surface area contributed by atoms with Gasteiger partial charge in [-0.25, -0.2) is 0 Å². The Labute approximate surface area is 169 Å². The van der Waals surface area contributed by atoms with Crippen LogP contribution in [-0.2, 0) is 22.5 Å². The van der Waals surface area contributed by atoms with E-state index in [1.165, 1.54) is 11.1 Å². The van der Waals surface area contributed by atoms with Gasteiger partial charge in [0.25, 0.3) is 0 Å². The molecule has 0 amide bonds. The Balaban J connectivity index is 1.75. The van der Waals surface area contributed by atoms with E-state index in [0.717, 1.165) is 38.8 Å². The SMILES string of the molecule is CC(C)(C)OC(=O)[C@@H]1CCC[C@@H]1N(CCc1ccccc1)Cc1ccccc1. The zero-order valence-electron chi connectivity index (χ0n) is 17.4. The zero-order valence-corrected chi connectivity index (χ0v) is 17.4. The van der Waals surface area contributed by atoms with Gasteiger partial charge in [-0.3, -0.25) is 9.69 Å². The van der Waals surface area contributed by atoms with Crippen LogP contribution < -0.4 is 0 Å². The van der Waals surface area contributed by atoms with Crippen molar-refractivity contribution in [1.82, 2.24) is 4.90 Å². The first-order valence-corrected chi connectivity index (χ1v) is 10.5. The van der Waals surface area contributed by atoms with E-state index in [2.05, 4.69) is 65.6 Å². The molecule has 0 unspecified atom stereocenters. The Kier molecular flexibility index (Phi) is 6.90. The van der Waals surface area contributed by atoms with Gasteiger partial charge < -0.3 is 4.74 Å². The average Bonchev–Trinajstić information content (AvgIpc) is 3.15. The maximum Gasteiger partial charge on any atom is 0.311 e. The Hall–Kier alpha value is -2.13. The number of hydrogen-bond donors (Lipinski definition) is 0. The summed E-state index contributed by atoms with van der Waals surface area (Å²) in [5.41, 5.74) is 2.20. The zero-order chi connectivity index (χ0) is 20.0. The first-order chi connectivity index (χ1) is 13.4. The molecule has 2 aromatic rings. The Morgan fingerprint density at radius 2 is 1.57 bits per heavy atom. The van der Waals surface area contributed by atoms with Crippen molar-refractivity contribution in [2.45, 2.75) is 64.6 Å². The molecule has 1 saturated carbocycles. The molecule has 0 heterocycles. The quantitative estimate of drug-likeness (QED) is 0.616. The van der Waals surface area contributed by atoms with Gasteiger partial charge in [0.1, 0.15) is 5.60 Å². The molecule has 0 spiro atoms. The first-order valence-electron chi connectivity index (χ1n) is 10.5. The fourth-order valence-corrected chi connectivity index (χ4v) is 4.13. The van der Waals surface area contributed by atoms with Gasteiger partial charge in [-0.15, -0.1) is 0 Å². The average molecular weight is 380 g/mol. The maximum absolute atomic E-state index is 12.9. The lowest BCUT2D eigenvalue weighted by Gasteiger charge is -2.33. The van der Waals surface area contributed by atoms with E-state index in [9.17, 15) is 4.79 Å². The topological polar surface area (TPSA) is 29.5 Å². The number of hydrogen-bond acceptors (Lipinski definition) is 3. The van der Waals surface area contributed by atoms with Gasteiger partial charge in [0.05, 0.1) is 5.92 Å². The van der Waals surface area contributed by atoms with E-state index >= 15 is 0 Å². The summed E-state index contributed by atoms with van der Waals surface area (Å²) >= 11 is 0. The van der Waals surface area contributed by atoms with Crippen molar-refractivity contribution in [1.29, 1.82) is 0 Å². The van der Waals surface area contributed by atoms with Gasteiger partial charge >= 0.3 is 5.97 Å². The van der Waals surface area contributed by atoms with Crippen LogP contribution in [0.3, 0.4) is 0 Å². The molecule has 0 aromatic heterocycles. The lowest BCUT2D eigenvalue weighted by molar-refractivity contribution is -0.161. The molecule has 2 aromatic carbocycles. The van der Waals surface area contributed by atoms with Crippen molar-refractivity contribution in [3.05, 3.63) is 71.8 Å². The minimum atomic E-state index is -0.432. The number of nitrogens with zero attached hydrogens (tertiary/aromatic N) is 1. The number of carbonyl (C=O) groups is 1. The van der Waals surface area contributed by atoms with Crippen molar-refractivity contribution < 1.29 is 9.53 Å². The van der Waals surface area contributed by atoms with E-state index in [1.807, 2.05) is 20.8 Å². The van der Waals surface area contributed by atoms with Crippen molar-refractivity contribution in [3.8, 4) is 0 Å². The van der Waals surface area contributed by atoms with Crippen LogP contribution in [0.25, 0.3) is 0 Å². The van der Waals surface area contributed by atoms with Gasteiger partial charge in [-0.05, 0) is 51.2 Å². The predicted octanol–water partition coefficient (Wildman–Crippen LogP) is 5.24. The highest BCUT2D eigenvalue weighted by atomic mass is 16.6. The largest absolute Gasteiger partial charge is 0.460 e. The Morgan fingerprint density at radius 3 is 2.18 bits per heavy atom. The summed E-state index contributed by atoms with van der Waals surface area (Å²) in [6.07, 6.45) is 4.07. The molecule has 0 N–H and O–H groups in total. The van der Waals surface area contributed by atoms with Crippen molar-refractivity contribution in [2.24, 2.45) is 5.92 Å². The van der Waals surface area contributed by atoms with Crippen LogP contribution in [0.15, 0.2) is 60.7 Å². The number of rotatable bonds is 7. The second-order valence-corrected chi connectivity index (χ2v) is 8.83. The molecule has 0 radical (unpaired) electrons. The van der Waals surface area contributed by atoms with Crippen LogP contribution >= 0.6 is 0 Å². The van der Waals surface area contributed by atoms with Crippen LogP contribution in [0.5, 0.6) is 0 Å². The molecule has 1 fully saturated rings. The molecule has 1 aliphatic carbocycles. The summed E-state index contributed by atoms with van der Waals surface area (Å²) < 4.78 is 5.75. The molecule has 2 atom stereocenters. The van der Waals surface area contributed by atoms with Gasteiger partial charge in [-0.1, -0.05) is 67.1 Å². The molecular formula is C25H33NO2. The van der Waals surface area contributed by atoms with E-state index in [4.69, 9.17) is 4.74 Å². The molecule has 28 heavy (non-hydrogen) atoms. The number of benzene rings is 2. The van der Waals surface area contributed by atoms with Crippen molar-refractivity contribution in [2.75, 3.05) is 6.54 Å². The summed E-state index contributed by atoms with van der Waals surface area (Å²) in [7, 11) is 0. The van der Waals surface area contributed by atoms with E-state index < -0.39 is 5.60 Å². The summed E-state index contributed by atoms with van der Waals surface area (Å²) in [6.45, 7) is 7.67. The minimum Gasteiger partial charge on any atom is -0.460 e. The van der Waals surface area contributed by atoms with Crippen LogP contribution in [0.2, 0.25) is 0 Å². The van der Waals surface area contributed by atoms with Crippen LogP contribution in [-0.4, -0.2) is 29.1 Å². The molecule has 0 bridgehead atoms. The fraction of sp³-hybridized carbons (Fsp3) is 0.480. The molecular weight excluding hydrogens is 346 g/mol. The maximum atomic E-state index is 12.9.